The molecule has 0 bridgehead atoms. The molecule has 0 radical (unpaired) electrons. The van der Waals surface area contributed by atoms with Gasteiger partial charge in [0.25, 0.3) is 5.56 Å². The van der Waals surface area contributed by atoms with E-state index in [1.165, 1.54) is 29.2 Å². The van der Waals surface area contributed by atoms with Crippen molar-refractivity contribution in [1.29, 1.82) is 0 Å². The van der Waals surface area contributed by atoms with Gasteiger partial charge in [-0.3, -0.25) is 19.1 Å². The van der Waals surface area contributed by atoms with Crippen LogP contribution in [0, 0.1) is 12.3 Å². The summed E-state index contributed by atoms with van der Waals surface area (Å²) in [5.41, 5.74) is 6.34. The monoisotopic (exact) mass is 762 g/mol. The first-order valence-corrected chi connectivity index (χ1v) is 19.8. The molecule has 5 unspecified atom stereocenters. The predicted molar refractivity (Wildman–Crippen MR) is 209 cm³/mol. The molecule has 2 aromatic carbocycles. The molecule has 1 saturated carbocycles. The minimum Gasteiger partial charge on any atom is -0.494 e. The second-order valence-corrected chi connectivity index (χ2v) is 16.6. The molecule has 5 atom stereocenters. The highest BCUT2D eigenvalue weighted by molar-refractivity contribution is 5.82. The van der Waals surface area contributed by atoms with E-state index in [0.29, 0.717) is 30.7 Å². The number of para-hydroxylation sites is 2. The summed E-state index contributed by atoms with van der Waals surface area (Å²) in [7, 11) is 0. The van der Waals surface area contributed by atoms with E-state index in [1.54, 1.807) is 17.8 Å². The number of aromatic amines is 1. The summed E-state index contributed by atoms with van der Waals surface area (Å²) in [6.07, 6.45) is 8.39. The lowest BCUT2D eigenvalue weighted by Gasteiger charge is -2.53. The Hall–Kier alpha value is -5.21. The van der Waals surface area contributed by atoms with Gasteiger partial charge >= 0.3 is 5.69 Å². The van der Waals surface area contributed by atoms with Crippen molar-refractivity contribution in [3.63, 3.8) is 0 Å². The topological polar surface area (TPSA) is 179 Å². The van der Waals surface area contributed by atoms with E-state index in [0.717, 1.165) is 59.4 Å². The van der Waals surface area contributed by atoms with E-state index in [4.69, 9.17) is 19.4 Å². The number of nitrogens with one attached hydrogen (secondary N) is 2. The third-order valence-corrected chi connectivity index (χ3v) is 12.2. The van der Waals surface area contributed by atoms with E-state index in [-0.39, 0.29) is 35.8 Å². The quantitative estimate of drug-likeness (QED) is 0.140. The number of hydrogen-bond acceptors (Lipinski definition) is 10. The first kappa shape index (κ1) is 37.7. The van der Waals surface area contributed by atoms with Crippen molar-refractivity contribution in [3.8, 4) is 17.0 Å². The zero-order chi connectivity index (χ0) is 39.2. The summed E-state index contributed by atoms with van der Waals surface area (Å²) in [6, 6.07) is 14.3. The van der Waals surface area contributed by atoms with Gasteiger partial charge in [0.1, 0.15) is 23.8 Å². The Morgan fingerprint density at radius 2 is 1.86 bits per heavy atom. The molecule has 294 valence electrons. The molecule has 5 aromatic rings. The van der Waals surface area contributed by atoms with Crippen molar-refractivity contribution < 1.29 is 19.4 Å². The number of hydrogen-bond donors (Lipinski definition) is 3. The molecule has 1 saturated heterocycles. The third-order valence-electron chi connectivity index (χ3n) is 12.2. The predicted octanol–water partition coefficient (Wildman–Crippen LogP) is 5.39. The lowest BCUT2D eigenvalue weighted by atomic mass is 9.50. The first-order chi connectivity index (χ1) is 26.9. The van der Waals surface area contributed by atoms with Crippen LogP contribution in [0.4, 0.5) is 0 Å². The largest absolute Gasteiger partial charge is 0.494 e. The van der Waals surface area contributed by atoms with Crippen molar-refractivity contribution >= 4 is 16.9 Å². The van der Waals surface area contributed by atoms with Crippen LogP contribution in [0.5, 0.6) is 5.75 Å². The number of aromatic nitrogens is 7. The average molecular weight is 763 g/mol. The van der Waals surface area contributed by atoms with E-state index >= 15 is 0 Å². The molecule has 1 amide bonds. The molecule has 14 heteroatoms. The highest BCUT2D eigenvalue weighted by Gasteiger charge is 2.53. The SMILES string of the molecule is Cc1cn(C2CC(n3cc(CNC(=O)CCCCCOc4ccc5c(c4)-c4nc6ccccc6nc4C4C(C)(C)CCCC54C)nn3)C(CO)O2)c(=O)[nH]c1=O. The van der Waals surface area contributed by atoms with E-state index in [9.17, 15) is 19.5 Å². The number of rotatable bonds is 12. The summed E-state index contributed by atoms with van der Waals surface area (Å²) >= 11 is 0. The van der Waals surface area contributed by atoms with Crippen LogP contribution in [0.3, 0.4) is 0 Å². The number of ether oxygens (including phenoxy) is 2. The van der Waals surface area contributed by atoms with Gasteiger partial charge in [-0.25, -0.2) is 19.4 Å². The maximum Gasteiger partial charge on any atom is 0.330 e. The van der Waals surface area contributed by atoms with Crippen LogP contribution in [0.25, 0.3) is 22.3 Å². The van der Waals surface area contributed by atoms with Gasteiger partial charge < -0.3 is 19.9 Å². The summed E-state index contributed by atoms with van der Waals surface area (Å²) in [5, 5.41) is 21.3. The molecule has 2 aliphatic carbocycles. The molecule has 8 rings (SSSR count). The van der Waals surface area contributed by atoms with E-state index < -0.39 is 29.6 Å². The summed E-state index contributed by atoms with van der Waals surface area (Å²) in [5.74, 6) is 1.01. The number of aryl methyl sites for hydroxylation is 1. The fourth-order valence-electron chi connectivity index (χ4n) is 9.46. The van der Waals surface area contributed by atoms with Crippen LogP contribution in [0.15, 0.2) is 64.4 Å². The number of H-pyrrole nitrogens is 1. The van der Waals surface area contributed by atoms with Gasteiger partial charge in [-0.1, -0.05) is 50.6 Å². The number of aliphatic hydroxyl groups is 1. The summed E-state index contributed by atoms with van der Waals surface area (Å²) in [6.45, 7) is 9.25. The molecular weight excluding hydrogens is 713 g/mol. The summed E-state index contributed by atoms with van der Waals surface area (Å²) in [4.78, 5) is 49.7. The Labute approximate surface area is 324 Å². The van der Waals surface area contributed by atoms with Gasteiger partial charge in [-0.05, 0) is 74.3 Å². The van der Waals surface area contributed by atoms with Crippen LogP contribution in [0.1, 0.15) is 113 Å². The molecule has 3 N–H and O–H groups in total. The standard InChI is InChI=1S/C42H50N8O6/c1-25-22-49(40(54)46-39(25)53)35-20-32(33(24-51)56-35)50-23-26(47-48-50)21-43-34(52)13-6-5-9-18-55-27-14-15-29-28(19-27)36-37(45-31-12-8-7-11-30(31)44-36)38-41(2,3)16-10-17-42(29,38)4/h7-8,11-12,14-15,19,22-23,32-33,35,38,51H,5-6,9-10,13,16-18,20-21,24H2,1-4H3,(H,43,52)(H,46,53,54). The number of nitrogens with zero attached hydrogens (tertiary/aromatic N) is 6. The second kappa shape index (κ2) is 15.0. The molecule has 1 aliphatic heterocycles. The molecule has 3 aliphatic rings. The summed E-state index contributed by atoms with van der Waals surface area (Å²) < 4.78 is 15.1. The normalized spacial score (nSPS) is 23.7. The maximum absolute atomic E-state index is 12.7. The van der Waals surface area contributed by atoms with Crippen molar-refractivity contribution in [2.45, 2.75) is 115 Å². The van der Waals surface area contributed by atoms with Gasteiger partial charge in [0.05, 0.1) is 54.4 Å². The molecule has 3 aromatic heterocycles. The minimum absolute atomic E-state index is 0.0381. The number of carbonyl (C=O) groups is 1. The van der Waals surface area contributed by atoms with E-state index in [1.807, 2.05) is 18.2 Å². The Kier molecular flexibility index (Phi) is 10.1. The van der Waals surface area contributed by atoms with E-state index in [2.05, 4.69) is 65.6 Å². The first-order valence-electron chi connectivity index (χ1n) is 19.8. The number of fused-ring (bicyclic) bond motifs is 7. The van der Waals surface area contributed by atoms with Crippen LogP contribution in [-0.2, 0) is 21.5 Å². The maximum atomic E-state index is 12.7. The van der Waals surface area contributed by atoms with Gasteiger partial charge in [0.15, 0.2) is 0 Å². The average Bonchev–Trinajstić information content (AvgIpc) is 3.83. The fraction of sp³-hybridized carbons (Fsp3) is 0.500. The second-order valence-electron chi connectivity index (χ2n) is 16.6. The van der Waals surface area contributed by atoms with Crippen molar-refractivity contribution in [3.05, 3.63) is 98.2 Å². The third kappa shape index (κ3) is 7.04. The van der Waals surface area contributed by atoms with Crippen LogP contribution in [0.2, 0.25) is 0 Å². The molecule has 14 nitrogen and oxygen atoms in total. The molecular formula is C42H50N8O6. The Balaban J connectivity index is 0.828. The highest BCUT2D eigenvalue weighted by Crippen LogP contribution is 2.62. The Bertz CT molecular complexity index is 2380. The number of benzene rings is 2. The highest BCUT2D eigenvalue weighted by atomic mass is 16.5. The Morgan fingerprint density at radius 1 is 1.05 bits per heavy atom. The Morgan fingerprint density at radius 3 is 2.66 bits per heavy atom. The van der Waals surface area contributed by atoms with Crippen molar-refractivity contribution in [1.82, 2.24) is 39.8 Å². The molecule has 56 heavy (non-hydrogen) atoms. The zero-order valence-electron chi connectivity index (χ0n) is 32.5. The van der Waals surface area contributed by atoms with Gasteiger partial charge in [-0.15, -0.1) is 5.10 Å². The van der Waals surface area contributed by atoms with Gasteiger partial charge in [0.2, 0.25) is 5.91 Å². The molecule has 4 heterocycles. The number of aliphatic hydroxyl groups excluding tert-OH is 1. The van der Waals surface area contributed by atoms with Crippen LogP contribution < -0.4 is 21.3 Å². The van der Waals surface area contributed by atoms with Gasteiger partial charge in [0, 0.05) is 41.5 Å². The molecule has 2 fully saturated rings. The van der Waals surface area contributed by atoms with Crippen LogP contribution >= 0.6 is 0 Å². The zero-order valence-corrected chi connectivity index (χ0v) is 32.5. The van der Waals surface area contributed by atoms with Crippen molar-refractivity contribution in [2.75, 3.05) is 13.2 Å². The van der Waals surface area contributed by atoms with Gasteiger partial charge in [-0.2, -0.15) is 0 Å². The van der Waals surface area contributed by atoms with Crippen molar-refractivity contribution in [2.24, 2.45) is 5.41 Å². The lowest BCUT2D eigenvalue weighted by Crippen LogP contribution is -2.46. The fourth-order valence-corrected chi connectivity index (χ4v) is 9.46. The number of amides is 1. The smallest absolute Gasteiger partial charge is 0.330 e. The molecule has 0 spiro atoms. The van der Waals surface area contributed by atoms with Crippen LogP contribution in [-0.4, -0.2) is 64.8 Å². The number of unbranched alkanes of at least 4 members (excludes halogenated alkanes) is 2. The number of carbonyl (C=O) groups excluding carboxylic acids is 1. The lowest BCUT2D eigenvalue weighted by molar-refractivity contribution is -0.121. The minimum atomic E-state index is -0.690.